The number of thioether (sulfide) groups is 1. The average molecular weight is 398 g/mol. The summed E-state index contributed by atoms with van der Waals surface area (Å²) < 4.78 is 0. The summed E-state index contributed by atoms with van der Waals surface area (Å²) in [5.41, 5.74) is 3.25. The number of piperazine rings is 1. The third kappa shape index (κ3) is 4.04. The number of amides is 1. The molecule has 2 aromatic carbocycles. The van der Waals surface area contributed by atoms with Gasteiger partial charge in [0.15, 0.2) is 5.17 Å². The van der Waals surface area contributed by atoms with Gasteiger partial charge in [0.2, 0.25) is 0 Å². The molecule has 0 aromatic heterocycles. The minimum Gasteiger partial charge on any atom is -0.368 e. The second-order valence-corrected chi connectivity index (χ2v) is 8.04. The number of nitrogens with zero attached hydrogens (tertiary/aromatic N) is 3. The van der Waals surface area contributed by atoms with E-state index < -0.39 is 0 Å². The van der Waals surface area contributed by atoms with Crippen LogP contribution in [0.15, 0.2) is 58.4 Å². The summed E-state index contributed by atoms with van der Waals surface area (Å²) in [4.78, 5) is 21.7. The summed E-state index contributed by atoms with van der Waals surface area (Å²) in [5.74, 6) is -0.147. The van der Waals surface area contributed by atoms with Crippen molar-refractivity contribution in [3.05, 3.63) is 69.6 Å². The summed E-state index contributed by atoms with van der Waals surface area (Å²) in [7, 11) is 0. The quantitative estimate of drug-likeness (QED) is 0.702. The molecule has 2 aliphatic rings. The lowest BCUT2D eigenvalue weighted by atomic mass is 10.2. The molecular formula is C21H20ClN3OS. The highest BCUT2D eigenvalue weighted by Crippen LogP contribution is 2.31. The number of hydrogen-bond donors (Lipinski definition) is 0. The van der Waals surface area contributed by atoms with Crippen LogP contribution in [0.4, 0.5) is 5.69 Å². The molecule has 0 bridgehead atoms. The van der Waals surface area contributed by atoms with Gasteiger partial charge in [-0.1, -0.05) is 48.0 Å². The Hall–Kier alpha value is -2.24. The van der Waals surface area contributed by atoms with Crippen LogP contribution in [0.5, 0.6) is 0 Å². The Balaban J connectivity index is 1.40. The van der Waals surface area contributed by atoms with E-state index in [0.717, 1.165) is 53.2 Å². The predicted octanol–water partition coefficient (Wildman–Crippen LogP) is 4.44. The molecule has 1 fully saturated rings. The van der Waals surface area contributed by atoms with Crippen molar-refractivity contribution in [2.45, 2.75) is 6.92 Å². The molecule has 1 saturated heterocycles. The second kappa shape index (κ2) is 7.79. The third-order valence-electron chi connectivity index (χ3n) is 4.78. The van der Waals surface area contributed by atoms with E-state index >= 15 is 0 Å². The summed E-state index contributed by atoms with van der Waals surface area (Å²) in [6.07, 6.45) is 1.91. The maximum absolute atomic E-state index is 12.3. The molecule has 6 heteroatoms. The van der Waals surface area contributed by atoms with Gasteiger partial charge in [-0.15, -0.1) is 0 Å². The van der Waals surface area contributed by atoms with E-state index in [1.165, 1.54) is 11.8 Å². The molecule has 0 unspecified atom stereocenters. The fraction of sp³-hybridized carbons (Fsp3) is 0.238. The molecule has 0 radical (unpaired) electrons. The largest absolute Gasteiger partial charge is 0.368 e. The lowest BCUT2D eigenvalue weighted by Crippen LogP contribution is -2.47. The van der Waals surface area contributed by atoms with Crippen LogP contribution in [-0.2, 0) is 4.79 Å². The number of rotatable bonds is 2. The second-order valence-electron chi connectivity index (χ2n) is 6.63. The van der Waals surface area contributed by atoms with Crippen molar-refractivity contribution in [1.29, 1.82) is 0 Å². The van der Waals surface area contributed by atoms with E-state index in [1.54, 1.807) is 0 Å². The summed E-state index contributed by atoms with van der Waals surface area (Å²) in [6.45, 7) is 5.44. The van der Waals surface area contributed by atoms with Gasteiger partial charge in [0.1, 0.15) is 0 Å². The van der Waals surface area contributed by atoms with Crippen molar-refractivity contribution in [3.8, 4) is 0 Å². The van der Waals surface area contributed by atoms with Crippen molar-refractivity contribution in [2.75, 3.05) is 31.1 Å². The van der Waals surface area contributed by atoms with Crippen LogP contribution in [0.3, 0.4) is 0 Å². The molecule has 0 aliphatic carbocycles. The van der Waals surface area contributed by atoms with Crippen molar-refractivity contribution in [3.63, 3.8) is 0 Å². The molecule has 0 atom stereocenters. The lowest BCUT2D eigenvalue weighted by Gasteiger charge is -2.36. The Morgan fingerprint density at radius 2 is 1.74 bits per heavy atom. The zero-order valence-corrected chi connectivity index (χ0v) is 16.6. The van der Waals surface area contributed by atoms with Crippen molar-refractivity contribution < 1.29 is 4.79 Å². The number of hydrogen-bond acceptors (Lipinski definition) is 4. The number of amidine groups is 1. The van der Waals surface area contributed by atoms with Gasteiger partial charge in [-0.2, -0.15) is 4.99 Å². The van der Waals surface area contributed by atoms with Gasteiger partial charge in [-0.25, -0.2) is 0 Å². The number of carbonyl (C=O) groups excluding carboxylic acids is 1. The number of aliphatic imine (C=N–C) groups is 1. The average Bonchev–Trinajstić information content (AvgIpc) is 3.05. The first-order valence-electron chi connectivity index (χ1n) is 8.94. The van der Waals surface area contributed by atoms with Gasteiger partial charge in [0.05, 0.1) is 4.91 Å². The zero-order chi connectivity index (χ0) is 18.8. The fourth-order valence-corrected chi connectivity index (χ4v) is 4.31. The predicted molar refractivity (Wildman–Crippen MR) is 114 cm³/mol. The van der Waals surface area contributed by atoms with Crippen LogP contribution < -0.4 is 4.90 Å². The van der Waals surface area contributed by atoms with E-state index in [4.69, 9.17) is 11.6 Å². The molecule has 0 saturated carbocycles. The van der Waals surface area contributed by atoms with Gasteiger partial charge >= 0.3 is 0 Å². The van der Waals surface area contributed by atoms with E-state index in [0.29, 0.717) is 4.91 Å². The van der Waals surface area contributed by atoms with Crippen LogP contribution in [0.25, 0.3) is 6.08 Å². The van der Waals surface area contributed by atoms with Gasteiger partial charge in [-0.05, 0) is 48.0 Å². The van der Waals surface area contributed by atoms with Crippen LogP contribution in [0, 0.1) is 6.92 Å². The molecule has 2 aromatic rings. The molecule has 4 nitrogen and oxygen atoms in total. The number of carbonyl (C=O) groups is 1. The standard InChI is InChI=1S/C21H20ClN3OS/c1-15-7-8-17(14-18(15)22)24-9-11-25(12-10-24)21-23-20(26)19(27-21)13-16-5-3-2-4-6-16/h2-8,13-14H,9-12H2,1H3/b19-13+. The molecule has 138 valence electrons. The minimum atomic E-state index is -0.147. The van der Waals surface area contributed by atoms with Gasteiger partial charge < -0.3 is 9.80 Å². The maximum Gasteiger partial charge on any atom is 0.286 e. The Labute approximate surface area is 168 Å². The lowest BCUT2D eigenvalue weighted by molar-refractivity contribution is -0.113. The monoisotopic (exact) mass is 397 g/mol. The molecule has 0 N–H and O–H groups in total. The Morgan fingerprint density at radius 3 is 2.44 bits per heavy atom. The number of aryl methyl sites for hydroxylation is 1. The highest BCUT2D eigenvalue weighted by Gasteiger charge is 2.28. The van der Waals surface area contributed by atoms with E-state index in [1.807, 2.05) is 49.4 Å². The van der Waals surface area contributed by atoms with Gasteiger partial charge in [0, 0.05) is 36.9 Å². The first kappa shape index (κ1) is 18.1. The first-order chi connectivity index (χ1) is 13.1. The van der Waals surface area contributed by atoms with Crippen molar-refractivity contribution in [1.82, 2.24) is 4.90 Å². The van der Waals surface area contributed by atoms with Crippen LogP contribution in [0.1, 0.15) is 11.1 Å². The van der Waals surface area contributed by atoms with E-state index in [-0.39, 0.29) is 5.91 Å². The highest BCUT2D eigenvalue weighted by molar-refractivity contribution is 8.18. The van der Waals surface area contributed by atoms with Crippen molar-refractivity contribution in [2.24, 2.45) is 4.99 Å². The number of benzene rings is 2. The molecule has 4 rings (SSSR count). The van der Waals surface area contributed by atoms with Crippen LogP contribution >= 0.6 is 23.4 Å². The SMILES string of the molecule is Cc1ccc(N2CCN(C3=NC(=O)/C(=C\c4ccccc4)S3)CC2)cc1Cl. The number of anilines is 1. The van der Waals surface area contributed by atoms with Crippen molar-refractivity contribution >= 4 is 46.2 Å². The van der Waals surface area contributed by atoms with Gasteiger partial charge in [0.25, 0.3) is 5.91 Å². The topological polar surface area (TPSA) is 35.9 Å². The fourth-order valence-electron chi connectivity index (χ4n) is 3.17. The smallest absolute Gasteiger partial charge is 0.286 e. The first-order valence-corrected chi connectivity index (χ1v) is 10.1. The normalized spacial score (nSPS) is 19.0. The maximum atomic E-state index is 12.3. The van der Waals surface area contributed by atoms with Gasteiger partial charge in [-0.3, -0.25) is 4.79 Å². The Bertz CT molecular complexity index is 918. The zero-order valence-electron chi connectivity index (χ0n) is 15.1. The molecule has 0 spiro atoms. The van der Waals surface area contributed by atoms with Crippen LogP contribution in [0.2, 0.25) is 5.02 Å². The number of halogens is 1. The van der Waals surface area contributed by atoms with E-state index in [9.17, 15) is 4.79 Å². The Morgan fingerprint density at radius 1 is 1.04 bits per heavy atom. The molecule has 1 amide bonds. The minimum absolute atomic E-state index is 0.147. The molecule has 2 aliphatic heterocycles. The highest BCUT2D eigenvalue weighted by atomic mass is 35.5. The van der Waals surface area contributed by atoms with Crippen LogP contribution in [-0.4, -0.2) is 42.2 Å². The molecular weight excluding hydrogens is 378 g/mol. The molecule has 27 heavy (non-hydrogen) atoms. The summed E-state index contributed by atoms with van der Waals surface area (Å²) >= 11 is 7.73. The Kier molecular flexibility index (Phi) is 5.23. The van der Waals surface area contributed by atoms with E-state index in [2.05, 4.69) is 26.9 Å². The summed E-state index contributed by atoms with van der Waals surface area (Å²) in [5, 5.41) is 1.61. The molecule has 2 heterocycles. The summed E-state index contributed by atoms with van der Waals surface area (Å²) in [6, 6.07) is 16.1. The third-order valence-corrected chi connectivity index (χ3v) is 6.23.